The number of hydrogen-bond donors (Lipinski definition) is 3. The Morgan fingerprint density at radius 2 is 2.30 bits per heavy atom. The molecular formula is C5H14N3OS+. The Labute approximate surface area is 64.7 Å². The van der Waals surface area contributed by atoms with Crippen LogP contribution >= 0.6 is 11.8 Å². The fraction of sp³-hybridized carbons (Fsp3) is 0.800. The van der Waals surface area contributed by atoms with Crippen LogP contribution in [0, 0.1) is 0 Å². The molecule has 0 aromatic carbocycles. The van der Waals surface area contributed by atoms with Gasteiger partial charge in [-0.3, -0.25) is 0 Å². The second-order valence-corrected chi connectivity index (χ2v) is 2.98. The molecule has 6 N–H and O–H groups in total. The lowest BCUT2D eigenvalue weighted by Gasteiger charge is -1.98. The summed E-state index contributed by atoms with van der Waals surface area (Å²) in [6, 6.07) is -0.449. The summed E-state index contributed by atoms with van der Waals surface area (Å²) in [7, 11) is 0. The van der Waals surface area contributed by atoms with E-state index in [4.69, 9.17) is 5.73 Å². The van der Waals surface area contributed by atoms with E-state index in [9.17, 15) is 4.79 Å². The van der Waals surface area contributed by atoms with Crippen LogP contribution in [0.5, 0.6) is 0 Å². The summed E-state index contributed by atoms with van der Waals surface area (Å²) < 4.78 is 0. The van der Waals surface area contributed by atoms with Crippen LogP contribution in [0.25, 0.3) is 0 Å². The number of quaternary nitrogens is 1. The van der Waals surface area contributed by atoms with Gasteiger partial charge in [-0.1, -0.05) is 0 Å². The van der Waals surface area contributed by atoms with Crippen molar-refractivity contribution in [3.63, 3.8) is 0 Å². The lowest BCUT2D eigenvalue weighted by molar-refractivity contribution is -0.360. The second kappa shape index (κ2) is 6.70. The highest BCUT2D eigenvalue weighted by Crippen LogP contribution is 1.93. The maximum atomic E-state index is 10.1. The number of urea groups is 1. The van der Waals surface area contributed by atoms with E-state index in [1.165, 1.54) is 0 Å². The molecular weight excluding hydrogens is 150 g/mol. The van der Waals surface area contributed by atoms with E-state index in [1.807, 2.05) is 0 Å². The van der Waals surface area contributed by atoms with Gasteiger partial charge in [0.15, 0.2) is 0 Å². The Kier molecular flexibility index (Phi) is 6.42. The molecule has 0 heterocycles. The van der Waals surface area contributed by atoms with Crippen LogP contribution in [0.3, 0.4) is 0 Å². The lowest BCUT2D eigenvalue weighted by Crippen LogP contribution is -2.51. The summed E-state index contributed by atoms with van der Waals surface area (Å²) in [5.74, 6) is 1.96. The Balaban J connectivity index is 2.84. The maximum Gasteiger partial charge on any atom is 0.312 e. The van der Waals surface area contributed by atoms with Gasteiger partial charge in [0.25, 0.3) is 0 Å². The van der Waals surface area contributed by atoms with Gasteiger partial charge in [-0.2, -0.15) is 11.8 Å². The zero-order valence-corrected chi connectivity index (χ0v) is 6.75. The van der Waals surface area contributed by atoms with E-state index >= 15 is 0 Å². The largest absolute Gasteiger partial charge is 0.357 e. The topological polar surface area (TPSA) is 82.8 Å². The van der Waals surface area contributed by atoms with Crippen LogP contribution in [0.1, 0.15) is 0 Å². The Morgan fingerprint density at radius 3 is 2.80 bits per heavy atom. The van der Waals surface area contributed by atoms with Crippen molar-refractivity contribution in [1.29, 1.82) is 0 Å². The highest BCUT2D eigenvalue weighted by atomic mass is 32.2. The molecule has 4 nitrogen and oxygen atoms in total. The van der Waals surface area contributed by atoms with E-state index < -0.39 is 6.03 Å². The molecule has 0 bridgehead atoms. The third-order valence-corrected chi connectivity index (χ3v) is 1.90. The molecule has 60 valence electrons. The number of primary amides is 1. The fourth-order valence-electron chi connectivity index (χ4n) is 0.451. The number of thioether (sulfide) groups is 1. The number of hydrogen-bond acceptors (Lipinski definition) is 2. The molecule has 0 rings (SSSR count). The highest BCUT2D eigenvalue weighted by molar-refractivity contribution is 7.99. The van der Waals surface area contributed by atoms with Crippen molar-refractivity contribution in [1.82, 2.24) is 5.32 Å². The third kappa shape index (κ3) is 7.58. The number of amides is 2. The lowest BCUT2D eigenvalue weighted by atomic mass is 10.7. The van der Waals surface area contributed by atoms with Gasteiger partial charge in [-0.25, -0.2) is 4.79 Å². The summed E-state index contributed by atoms with van der Waals surface area (Å²) in [4.78, 5) is 10.1. The molecule has 0 radical (unpaired) electrons. The molecule has 0 aromatic rings. The van der Waals surface area contributed by atoms with Crippen LogP contribution < -0.4 is 16.8 Å². The van der Waals surface area contributed by atoms with Gasteiger partial charge >= 0.3 is 6.03 Å². The standard InChI is InChI=1S/C5H13N3OS/c6-1-3-10-4-2-8-5(7)9/h1-4,6H2,(H3,7,8,9)/p+1. The molecule has 0 spiro atoms. The fourth-order valence-corrected chi connectivity index (χ4v) is 1.11. The Morgan fingerprint density at radius 1 is 1.60 bits per heavy atom. The molecule has 0 aliphatic rings. The molecule has 0 unspecified atom stereocenters. The van der Waals surface area contributed by atoms with Gasteiger partial charge in [0.2, 0.25) is 0 Å². The Bertz CT molecular complexity index is 98.9. The van der Waals surface area contributed by atoms with Gasteiger partial charge in [0.05, 0.1) is 6.54 Å². The number of nitrogens with two attached hydrogens (primary N) is 1. The summed E-state index contributed by atoms with van der Waals surface area (Å²) in [6.45, 7) is 1.58. The van der Waals surface area contributed by atoms with Crippen molar-refractivity contribution in [3.05, 3.63) is 0 Å². The molecule has 0 saturated heterocycles. The maximum absolute atomic E-state index is 10.1. The average molecular weight is 164 g/mol. The minimum Gasteiger partial charge on any atom is -0.357 e. The van der Waals surface area contributed by atoms with E-state index in [-0.39, 0.29) is 0 Å². The SMILES string of the molecule is NC(=O)NCCSCC[NH3+]. The smallest absolute Gasteiger partial charge is 0.312 e. The van der Waals surface area contributed by atoms with Crippen LogP contribution in [-0.2, 0) is 0 Å². The summed E-state index contributed by atoms with van der Waals surface area (Å²) in [5, 5.41) is 2.50. The number of carbonyl (C=O) groups excluding carboxylic acids is 1. The number of nitrogens with one attached hydrogen (secondary N) is 1. The zero-order valence-electron chi connectivity index (χ0n) is 5.93. The van der Waals surface area contributed by atoms with E-state index in [2.05, 4.69) is 11.1 Å². The van der Waals surface area contributed by atoms with Crippen molar-refractivity contribution in [2.75, 3.05) is 24.6 Å². The van der Waals surface area contributed by atoms with Gasteiger partial charge in [-0.05, 0) is 0 Å². The van der Waals surface area contributed by atoms with E-state index in [0.717, 1.165) is 18.1 Å². The van der Waals surface area contributed by atoms with Gasteiger partial charge in [0, 0.05) is 18.1 Å². The zero-order chi connectivity index (χ0) is 7.82. The highest BCUT2D eigenvalue weighted by Gasteiger charge is 1.90. The minimum atomic E-state index is -0.449. The van der Waals surface area contributed by atoms with Gasteiger partial charge in [0.1, 0.15) is 0 Å². The Hall–Kier alpha value is -0.420. The first-order chi connectivity index (χ1) is 4.77. The summed E-state index contributed by atoms with van der Waals surface area (Å²) in [5.41, 5.74) is 8.52. The first-order valence-electron chi connectivity index (χ1n) is 3.17. The van der Waals surface area contributed by atoms with E-state index in [0.29, 0.717) is 6.54 Å². The number of rotatable bonds is 5. The monoisotopic (exact) mass is 164 g/mol. The number of carbonyl (C=O) groups is 1. The van der Waals surface area contributed by atoms with Gasteiger partial charge in [-0.15, -0.1) is 0 Å². The van der Waals surface area contributed by atoms with Crippen molar-refractivity contribution >= 4 is 17.8 Å². The second-order valence-electron chi connectivity index (χ2n) is 1.76. The van der Waals surface area contributed by atoms with Crippen molar-refractivity contribution in [3.8, 4) is 0 Å². The van der Waals surface area contributed by atoms with Crippen molar-refractivity contribution in [2.24, 2.45) is 5.73 Å². The molecule has 10 heavy (non-hydrogen) atoms. The van der Waals surface area contributed by atoms with Gasteiger partial charge < -0.3 is 16.8 Å². The van der Waals surface area contributed by atoms with Crippen molar-refractivity contribution in [2.45, 2.75) is 0 Å². The quantitative estimate of drug-likeness (QED) is 0.438. The molecule has 5 heteroatoms. The molecule has 0 saturated carbocycles. The molecule has 0 aliphatic heterocycles. The third-order valence-electron chi connectivity index (χ3n) is 0.834. The molecule has 2 amide bonds. The summed E-state index contributed by atoms with van der Waals surface area (Å²) >= 11 is 1.76. The normalized spacial score (nSPS) is 9.30. The molecule has 0 fully saturated rings. The molecule has 0 atom stereocenters. The summed E-state index contributed by atoms with van der Waals surface area (Å²) in [6.07, 6.45) is 0. The van der Waals surface area contributed by atoms with Crippen LogP contribution in [-0.4, -0.2) is 30.6 Å². The average Bonchev–Trinajstić information content (AvgIpc) is 1.87. The van der Waals surface area contributed by atoms with E-state index in [1.54, 1.807) is 11.8 Å². The van der Waals surface area contributed by atoms with Crippen LogP contribution in [0.4, 0.5) is 4.79 Å². The predicted octanol–water partition coefficient (Wildman–Crippen LogP) is -1.37. The first kappa shape index (κ1) is 9.58. The van der Waals surface area contributed by atoms with Crippen LogP contribution in [0.15, 0.2) is 0 Å². The van der Waals surface area contributed by atoms with Crippen LogP contribution in [0.2, 0.25) is 0 Å². The minimum absolute atomic E-state index is 0.449. The molecule has 0 aromatic heterocycles. The predicted molar refractivity (Wildman–Crippen MR) is 42.7 cm³/mol. The van der Waals surface area contributed by atoms with Crippen molar-refractivity contribution < 1.29 is 10.5 Å². The first-order valence-corrected chi connectivity index (χ1v) is 4.33. The molecule has 0 aliphatic carbocycles.